The Morgan fingerprint density at radius 3 is 2.57 bits per heavy atom. The largest absolute Gasteiger partial charge is 0.312 e. The van der Waals surface area contributed by atoms with Gasteiger partial charge in [0.05, 0.1) is 5.02 Å². The molecule has 1 heterocycles. The number of benzene rings is 2. The van der Waals surface area contributed by atoms with Gasteiger partial charge in [0.2, 0.25) is 5.91 Å². The number of carbonyl (C=O) groups excluding carboxylic acids is 1. The molecule has 2 aromatic carbocycles. The number of fused-ring (bicyclic) bond motifs is 1. The number of sulfonamides is 1. The summed E-state index contributed by atoms with van der Waals surface area (Å²) < 4.78 is 28.0. The van der Waals surface area contributed by atoms with Gasteiger partial charge in [-0.3, -0.25) is 9.52 Å². The van der Waals surface area contributed by atoms with E-state index in [1.807, 2.05) is 0 Å². The van der Waals surface area contributed by atoms with E-state index in [4.69, 9.17) is 23.2 Å². The van der Waals surface area contributed by atoms with Gasteiger partial charge in [0, 0.05) is 29.4 Å². The second kappa shape index (κ2) is 8.31. The molecule has 0 aromatic heterocycles. The molecule has 0 unspecified atom stereocenters. The van der Waals surface area contributed by atoms with Crippen molar-refractivity contribution in [3.05, 3.63) is 52.0 Å². The van der Waals surface area contributed by atoms with E-state index in [9.17, 15) is 13.2 Å². The van der Waals surface area contributed by atoms with E-state index in [2.05, 4.69) is 18.6 Å². The number of rotatable bonds is 6. The fraction of sp³-hybridized carbons (Fsp3) is 0.350. The van der Waals surface area contributed by atoms with E-state index in [1.54, 1.807) is 23.1 Å². The summed E-state index contributed by atoms with van der Waals surface area (Å²) in [5.74, 6) is 0.596. The predicted octanol–water partition coefficient (Wildman–Crippen LogP) is 5.12. The first-order chi connectivity index (χ1) is 13.2. The van der Waals surface area contributed by atoms with Crippen LogP contribution in [-0.2, 0) is 21.2 Å². The fourth-order valence-corrected chi connectivity index (χ4v) is 4.96. The molecule has 0 spiro atoms. The van der Waals surface area contributed by atoms with Crippen molar-refractivity contribution in [1.82, 2.24) is 0 Å². The minimum absolute atomic E-state index is 0.0758. The topological polar surface area (TPSA) is 66.5 Å². The van der Waals surface area contributed by atoms with Crippen LogP contribution in [0, 0.1) is 5.92 Å². The zero-order valence-electron chi connectivity index (χ0n) is 15.7. The van der Waals surface area contributed by atoms with E-state index in [1.165, 1.54) is 18.2 Å². The molecule has 0 saturated carbocycles. The fourth-order valence-electron chi connectivity index (χ4n) is 3.15. The highest BCUT2D eigenvalue weighted by molar-refractivity contribution is 7.92. The Hall–Kier alpha value is -1.76. The third kappa shape index (κ3) is 4.62. The summed E-state index contributed by atoms with van der Waals surface area (Å²) in [5, 5.41) is 0.384. The highest BCUT2D eigenvalue weighted by Gasteiger charge is 2.25. The minimum atomic E-state index is -3.89. The van der Waals surface area contributed by atoms with Crippen molar-refractivity contribution in [3.63, 3.8) is 0 Å². The lowest BCUT2D eigenvalue weighted by Gasteiger charge is -2.30. The number of anilines is 2. The van der Waals surface area contributed by atoms with E-state index in [0.717, 1.165) is 17.7 Å². The van der Waals surface area contributed by atoms with Crippen molar-refractivity contribution >= 4 is 50.5 Å². The lowest BCUT2D eigenvalue weighted by Crippen LogP contribution is -2.36. The number of carbonyl (C=O) groups is 1. The SMILES string of the molecule is CC(C)CCN1C(=O)CCc2cc(NS(=O)(=O)c3cc(Cl)ccc3Cl)ccc21. The smallest absolute Gasteiger partial charge is 0.263 e. The first kappa shape index (κ1) is 21.0. The number of hydrogen-bond donors (Lipinski definition) is 1. The molecule has 1 aliphatic rings. The number of amides is 1. The van der Waals surface area contributed by atoms with Gasteiger partial charge < -0.3 is 4.90 Å². The Morgan fingerprint density at radius 2 is 1.86 bits per heavy atom. The minimum Gasteiger partial charge on any atom is -0.312 e. The van der Waals surface area contributed by atoms with E-state index in [0.29, 0.717) is 31.0 Å². The molecular formula is C20H22Cl2N2O3S. The Morgan fingerprint density at radius 1 is 1.11 bits per heavy atom. The van der Waals surface area contributed by atoms with Crippen LogP contribution in [0.4, 0.5) is 11.4 Å². The van der Waals surface area contributed by atoms with Crippen molar-refractivity contribution in [2.24, 2.45) is 5.92 Å². The molecule has 2 aromatic rings. The molecule has 0 radical (unpaired) electrons. The maximum atomic E-state index is 12.7. The average molecular weight is 441 g/mol. The quantitative estimate of drug-likeness (QED) is 0.677. The van der Waals surface area contributed by atoms with Gasteiger partial charge in [-0.15, -0.1) is 0 Å². The maximum absolute atomic E-state index is 12.7. The number of nitrogens with one attached hydrogen (secondary N) is 1. The molecule has 3 rings (SSSR count). The van der Waals surface area contributed by atoms with Crippen LogP contribution in [0.1, 0.15) is 32.3 Å². The van der Waals surface area contributed by atoms with Crippen LogP contribution in [0.3, 0.4) is 0 Å². The van der Waals surface area contributed by atoms with Crippen LogP contribution in [0.2, 0.25) is 10.0 Å². The van der Waals surface area contributed by atoms with Crippen LogP contribution >= 0.6 is 23.2 Å². The summed E-state index contributed by atoms with van der Waals surface area (Å²) in [4.78, 5) is 14.0. The van der Waals surface area contributed by atoms with E-state index in [-0.39, 0.29) is 20.8 Å². The van der Waals surface area contributed by atoms with Crippen LogP contribution in [0.5, 0.6) is 0 Å². The number of nitrogens with zero attached hydrogens (tertiary/aromatic N) is 1. The molecule has 0 bridgehead atoms. The van der Waals surface area contributed by atoms with Crippen molar-refractivity contribution < 1.29 is 13.2 Å². The molecule has 28 heavy (non-hydrogen) atoms. The van der Waals surface area contributed by atoms with Gasteiger partial charge in [-0.2, -0.15) is 0 Å². The van der Waals surface area contributed by atoms with Gasteiger partial charge in [0.25, 0.3) is 10.0 Å². The third-order valence-corrected chi connectivity index (χ3v) is 6.74. The molecule has 0 atom stereocenters. The first-order valence-electron chi connectivity index (χ1n) is 9.08. The zero-order chi connectivity index (χ0) is 20.5. The standard InChI is InChI=1S/C20H22Cl2N2O3S/c1-13(2)9-10-24-18-7-5-16(11-14(18)3-8-20(24)25)23-28(26,27)19-12-15(21)4-6-17(19)22/h4-7,11-13,23H,3,8-10H2,1-2H3. The van der Waals surface area contributed by atoms with Gasteiger partial charge in [0.1, 0.15) is 4.90 Å². The molecule has 5 nitrogen and oxygen atoms in total. The second-order valence-corrected chi connectivity index (χ2v) is 9.75. The van der Waals surface area contributed by atoms with Crippen LogP contribution in [0.15, 0.2) is 41.3 Å². The zero-order valence-corrected chi connectivity index (χ0v) is 18.0. The number of hydrogen-bond acceptors (Lipinski definition) is 3. The van der Waals surface area contributed by atoms with E-state index >= 15 is 0 Å². The lowest BCUT2D eigenvalue weighted by molar-refractivity contribution is -0.118. The van der Waals surface area contributed by atoms with Crippen LogP contribution < -0.4 is 9.62 Å². The highest BCUT2D eigenvalue weighted by atomic mass is 35.5. The predicted molar refractivity (Wildman–Crippen MR) is 114 cm³/mol. The van der Waals surface area contributed by atoms with Gasteiger partial charge in [-0.1, -0.05) is 37.0 Å². The molecule has 150 valence electrons. The molecule has 1 N–H and O–H groups in total. The summed E-state index contributed by atoms with van der Waals surface area (Å²) >= 11 is 11.9. The Balaban J connectivity index is 1.87. The molecule has 0 aliphatic carbocycles. The van der Waals surface area contributed by atoms with E-state index < -0.39 is 10.0 Å². The Kier molecular flexibility index (Phi) is 6.22. The summed E-state index contributed by atoms with van der Waals surface area (Å²) in [7, 11) is -3.89. The van der Waals surface area contributed by atoms with Crippen LogP contribution in [0.25, 0.3) is 0 Å². The molecule has 0 fully saturated rings. The average Bonchev–Trinajstić information content (AvgIpc) is 2.62. The monoisotopic (exact) mass is 440 g/mol. The molecule has 8 heteroatoms. The number of halogens is 2. The van der Waals surface area contributed by atoms with Crippen molar-refractivity contribution in [2.45, 2.75) is 38.0 Å². The van der Waals surface area contributed by atoms with Gasteiger partial charge in [0.15, 0.2) is 0 Å². The number of aryl methyl sites for hydroxylation is 1. The van der Waals surface area contributed by atoms with Crippen molar-refractivity contribution in [3.8, 4) is 0 Å². The normalized spacial score (nSPS) is 14.3. The van der Waals surface area contributed by atoms with Gasteiger partial charge in [-0.25, -0.2) is 8.42 Å². The lowest BCUT2D eigenvalue weighted by atomic mass is 9.99. The molecular weight excluding hydrogens is 419 g/mol. The summed E-state index contributed by atoms with van der Waals surface area (Å²) in [6.07, 6.45) is 1.91. The van der Waals surface area contributed by atoms with Gasteiger partial charge >= 0.3 is 0 Å². The summed E-state index contributed by atoms with van der Waals surface area (Å²) in [6, 6.07) is 9.53. The molecule has 1 aliphatic heterocycles. The summed E-state index contributed by atoms with van der Waals surface area (Å²) in [5.41, 5.74) is 2.22. The van der Waals surface area contributed by atoms with Crippen molar-refractivity contribution in [1.29, 1.82) is 0 Å². The van der Waals surface area contributed by atoms with Crippen molar-refractivity contribution in [2.75, 3.05) is 16.2 Å². The highest BCUT2D eigenvalue weighted by Crippen LogP contribution is 2.32. The third-order valence-electron chi connectivity index (χ3n) is 4.64. The summed E-state index contributed by atoms with van der Waals surface area (Å²) in [6.45, 7) is 4.90. The second-order valence-electron chi connectivity index (χ2n) is 7.25. The van der Waals surface area contributed by atoms with Gasteiger partial charge in [-0.05, 0) is 60.7 Å². The van der Waals surface area contributed by atoms with Crippen LogP contribution in [-0.4, -0.2) is 20.9 Å². The Bertz CT molecular complexity index is 1010. The maximum Gasteiger partial charge on any atom is 0.263 e. The first-order valence-corrected chi connectivity index (χ1v) is 11.3. The molecule has 1 amide bonds. The Labute approximate surface area is 175 Å². The molecule has 0 saturated heterocycles.